The molecule has 2 atom stereocenters. The lowest BCUT2D eigenvalue weighted by Crippen LogP contribution is -2.57. The van der Waals surface area contributed by atoms with Gasteiger partial charge in [0.15, 0.2) is 0 Å². The summed E-state index contributed by atoms with van der Waals surface area (Å²) in [6, 6.07) is 14.4. The van der Waals surface area contributed by atoms with Crippen molar-refractivity contribution in [2.75, 3.05) is 6.61 Å². The number of ether oxygens (including phenoxy) is 2. The summed E-state index contributed by atoms with van der Waals surface area (Å²) in [5.41, 5.74) is -0.570. The maximum absolute atomic E-state index is 13.4. The minimum absolute atomic E-state index is 0.0263. The lowest BCUT2D eigenvalue weighted by Gasteiger charge is -2.30. The first-order chi connectivity index (χ1) is 15.2. The third-order valence-corrected chi connectivity index (χ3v) is 5.41. The Morgan fingerprint density at radius 2 is 1.50 bits per heavy atom. The van der Waals surface area contributed by atoms with Gasteiger partial charge in [0.25, 0.3) is 5.60 Å². The summed E-state index contributed by atoms with van der Waals surface area (Å²) < 4.78 is 10.7. The lowest BCUT2D eigenvalue weighted by atomic mass is 9.83. The molecule has 2 aromatic rings. The van der Waals surface area contributed by atoms with Gasteiger partial charge in [-0.05, 0) is 41.9 Å². The highest BCUT2D eigenvalue weighted by atomic mass is 16.6. The monoisotopic (exact) mass is 440 g/mol. The van der Waals surface area contributed by atoms with Gasteiger partial charge in [0.2, 0.25) is 0 Å². The van der Waals surface area contributed by atoms with E-state index in [-0.39, 0.29) is 24.9 Å². The topological polar surface area (TPSA) is 89.9 Å². The van der Waals surface area contributed by atoms with Crippen molar-refractivity contribution in [1.29, 1.82) is 0 Å². The molecular weight excluding hydrogens is 408 g/mol. The molecule has 6 nitrogen and oxygen atoms in total. The van der Waals surface area contributed by atoms with Gasteiger partial charge in [0.1, 0.15) is 12.0 Å². The summed E-state index contributed by atoms with van der Waals surface area (Å²) in [6.45, 7) is 9.32. The van der Waals surface area contributed by atoms with Crippen molar-refractivity contribution < 1.29 is 29.0 Å². The average molecular weight is 441 g/mol. The van der Waals surface area contributed by atoms with Crippen LogP contribution in [-0.4, -0.2) is 35.5 Å². The minimum atomic E-state index is -2.79. The summed E-state index contributed by atoms with van der Waals surface area (Å²) in [5, 5.41) is 11.3. The maximum atomic E-state index is 13.4. The molecule has 0 spiro atoms. The van der Waals surface area contributed by atoms with Crippen LogP contribution in [0.5, 0.6) is 5.75 Å². The molecule has 0 aliphatic rings. The molecule has 0 unspecified atom stereocenters. The Morgan fingerprint density at radius 3 is 1.97 bits per heavy atom. The van der Waals surface area contributed by atoms with Crippen LogP contribution in [0.15, 0.2) is 48.5 Å². The molecule has 0 fully saturated rings. The van der Waals surface area contributed by atoms with Crippen LogP contribution >= 0.6 is 0 Å². The van der Waals surface area contributed by atoms with E-state index >= 15 is 0 Å². The van der Waals surface area contributed by atoms with E-state index in [9.17, 15) is 19.5 Å². The summed E-state index contributed by atoms with van der Waals surface area (Å²) >= 11 is 0. The van der Waals surface area contributed by atoms with Crippen LogP contribution in [0.4, 0.5) is 0 Å². The van der Waals surface area contributed by atoms with Crippen molar-refractivity contribution in [3.8, 4) is 5.75 Å². The van der Waals surface area contributed by atoms with E-state index in [2.05, 4.69) is 0 Å². The summed E-state index contributed by atoms with van der Waals surface area (Å²) in [6.07, 6.45) is 0.376. The lowest BCUT2D eigenvalue weighted by molar-refractivity contribution is -0.185. The number of rotatable bonds is 10. The number of hydrogen-bond donors (Lipinski definition) is 1. The Balaban J connectivity index is 2.53. The van der Waals surface area contributed by atoms with Gasteiger partial charge in [-0.25, -0.2) is 9.59 Å². The molecule has 0 bridgehead atoms. The number of carbonyl (C=O) groups excluding carboxylic acids is 3. The Bertz CT molecular complexity index is 908. The van der Waals surface area contributed by atoms with E-state index in [1.165, 1.54) is 0 Å². The normalized spacial score (nSPS) is 14.0. The number of para-hydroxylation sites is 1. The molecule has 0 amide bonds. The van der Waals surface area contributed by atoms with Gasteiger partial charge in [0.05, 0.1) is 12.5 Å². The predicted octanol–water partition coefficient (Wildman–Crippen LogP) is 4.19. The van der Waals surface area contributed by atoms with Crippen LogP contribution in [0.2, 0.25) is 0 Å². The van der Waals surface area contributed by atoms with Crippen LogP contribution in [0.1, 0.15) is 63.1 Å². The molecule has 0 aliphatic carbocycles. The molecule has 0 aliphatic heterocycles. The second-order valence-corrected chi connectivity index (χ2v) is 8.38. The highest BCUT2D eigenvalue weighted by Gasteiger charge is 2.54. The Labute approximate surface area is 189 Å². The quantitative estimate of drug-likeness (QED) is 0.258. The van der Waals surface area contributed by atoms with Crippen molar-refractivity contribution in [3.63, 3.8) is 0 Å². The number of carbonyl (C=O) groups is 3. The predicted molar refractivity (Wildman–Crippen MR) is 122 cm³/mol. The van der Waals surface area contributed by atoms with Crippen LogP contribution < -0.4 is 4.74 Å². The Hall–Kier alpha value is -2.99. The number of aldehydes is 1. The summed E-state index contributed by atoms with van der Waals surface area (Å²) in [4.78, 5) is 38.1. The first-order valence-electron chi connectivity index (χ1n) is 10.9. The van der Waals surface area contributed by atoms with Gasteiger partial charge in [0, 0.05) is 0 Å². The highest BCUT2D eigenvalue weighted by molar-refractivity contribution is 6.06. The van der Waals surface area contributed by atoms with Crippen LogP contribution in [-0.2, 0) is 25.5 Å². The third-order valence-electron chi connectivity index (χ3n) is 5.41. The van der Waals surface area contributed by atoms with Gasteiger partial charge in [-0.2, -0.15) is 0 Å². The van der Waals surface area contributed by atoms with E-state index in [0.29, 0.717) is 17.6 Å². The zero-order valence-electron chi connectivity index (χ0n) is 19.3. The van der Waals surface area contributed by atoms with Crippen LogP contribution in [0.25, 0.3) is 0 Å². The fraction of sp³-hybridized carbons (Fsp3) is 0.423. The molecule has 6 heteroatoms. The number of esters is 2. The molecular formula is C26H32O6. The number of hydrogen-bond acceptors (Lipinski definition) is 6. The smallest absolute Gasteiger partial charge is 0.356 e. The van der Waals surface area contributed by atoms with Crippen molar-refractivity contribution in [2.45, 2.75) is 58.5 Å². The fourth-order valence-corrected chi connectivity index (χ4v) is 3.56. The number of benzene rings is 2. The average Bonchev–Trinajstić information content (AvgIpc) is 2.77. The van der Waals surface area contributed by atoms with Gasteiger partial charge in [-0.3, -0.25) is 0 Å². The molecule has 2 rings (SSSR count). The summed E-state index contributed by atoms with van der Waals surface area (Å²) in [5.74, 6) is -3.46. The van der Waals surface area contributed by atoms with E-state index in [4.69, 9.17) is 9.47 Å². The van der Waals surface area contributed by atoms with E-state index < -0.39 is 23.5 Å². The molecule has 172 valence electrons. The standard InChI is InChI=1S/C26H32O6/c1-6-31-24(28)26(30,20(16-27)15-19-11-8-7-9-12-19)25(29)32-23-21(17(2)3)13-10-14-22(23)18(4)5/h7-14,16-18,20,30H,6,15H2,1-5H3/t20-,26+/m1/s1. The van der Waals surface area contributed by atoms with Gasteiger partial charge in [-0.15, -0.1) is 0 Å². The van der Waals surface area contributed by atoms with Crippen molar-refractivity contribution in [2.24, 2.45) is 5.92 Å². The molecule has 0 saturated carbocycles. The van der Waals surface area contributed by atoms with Gasteiger partial charge >= 0.3 is 11.9 Å². The van der Waals surface area contributed by atoms with Gasteiger partial charge < -0.3 is 19.4 Å². The minimum Gasteiger partial charge on any atom is -0.463 e. The molecule has 32 heavy (non-hydrogen) atoms. The van der Waals surface area contributed by atoms with Crippen LogP contribution in [0, 0.1) is 5.92 Å². The molecule has 2 aromatic carbocycles. The molecule has 0 heterocycles. The zero-order valence-corrected chi connectivity index (χ0v) is 19.3. The molecule has 0 radical (unpaired) electrons. The largest absolute Gasteiger partial charge is 0.463 e. The Kier molecular flexibility index (Phi) is 8.72. The fourth-order valence-electron chi connectivity index (χ4n) is 3.56. The van der Waals surface area contributed by atoms with Gasteiger partial charge in [-0.1, -0.05) is 76.2 Å². The first-order valence-corrected chi connectivity index (χ1v) is 10.9. The SMILES string of the molecule is CCOC(=O)[C@](O)(C(=O)Oc1c(C(C)C)cccc1C(C)C)[C@@H](C=O)Cc1ccccc1. The van der Waals surface area contributed by atoms with Crippen molar-refractivity contribution in [3.05, 3.63) is 65.2 Å². The maximum Gasteiger partial charge on any atom is 0.356 e. The van der Waals surface area contributed by atoms with Crippen molar-refractivity contribution >= 4 is 18.2 Å². The van der Waals surface area contributed by atoms with Crippen molar-refractivity contribution in [1.82, 2.24) is 0 Å². The molecule has 0 saturated heterocycles. The first kappa shape index (κ1) is 25.3. The van der Waals surface area contributed by atoms with E-state index in [1.54, 1.807) is 31.2 Å². The molecule has 1 N–H and O–H groups in total. The summed E-state index contributed by atoms with van der Waals surface area (Å²) in [7, 11) is 0. The second-order valence-electron chi connectivity index (χ2n) is 8.38. The second kappa shape index (κ2) is 11.0. The third kappa shape index (κ3) is 5.43. The zero-order chi connectivity index (χ0) is 23.9. The highest BCUT2D eigenvalue weighted by Crippen LogP contribution is 2.36. The van der Waals surface area contributed by atoms with E-state index in [0.717, 1.165) is 11.1 Å². The number of aliphatic hydroxyl groups is 1. The Morgan fingerprint density at radius 1 is 0.938 bits per heavy atom. The van der Waals surface area contributed by atoms with E-state index in [1.807, 2.05) is 52.0 Å². The van der Waals surface area contributed by atoms with Crippen LogP contribution in [0.3, 0.4) is 0 Å². The molecule has 0 aromatic heterocycles.